The summed E-state index contributed by atoms with van der Waals surface area (Å²) < 4.78 is 29.9. The maximum absolute atomic E-state index is 12.7. The van der Waals surface area contributed by atoms with E-state index in [4.69, 9.17) is 0 Å². The van der Waals surface area contributed by atoms with Crippen LogP contribution in [0.4, 0.5) is 5.69 Å². The summed E-state index contributed by atoms with van der Waals surface area (Å²) in [5.74, 6) is -0.649. The molecule has 10 heteroatoms. The smallest absolute Gasteiger partial charge is 0.284 e. The molecule has 7 nitrogen and oxygen atoms in total. The van der Waals surface area contributed by atoms with Crippen molar-refractivity contribution in [1.29, 1.82) is 0 Å². The summed E-state index contributed by atoms with van der Waals surface area (Å²) in [6.45, 7) is 3.94. The van der Waals surface area contributed by atoms with E-state index in [1.165, 1.54) is 17.0 Å². The van der Waals surface area contributed by atoms with Crippen molar-refractivity contribution in [3.63, 3.8) is 0 Å². The molecule has 0 saturated carbocycles. The number of halogens is 1. The van der Waals surface area contributed by atoms with Crippen molar-refractivity contribution in [2.75, 3.05) is 11.9 Å². The highest BCUT2D eigenvalue weighted by Crippen LogP contribution is 2.31. The Hall–Kier alpha value is -2.17. The minimum Gasteiger partial charge on any atom is -0.326 e. The van der Waals surface area contributed by atoms with Gasteiger partial charge in [-0.3, -0.25) is 14.5 Å². The summed E-state index contributed by atoms with van der Waals surface area (Å²) in [5.41, 5.74) is 1.71. The highest BCUT2D eigenvalue weighted by Gasteiger charge is 2.39. The van der Waals surface area contributed by atoms with E-state index in [1.807, 2.05) is 19.1 Å². The van der Waals surface area contributed by atoms with Gasteiger partial charge in [-0.25, -0.2) is 0 Å². The molecule has 158 valence electrons. The number of amides is 2. The summed E-state index contributed by atoms with van der Waals surface area (Å²) in [6, 6.07) is 13.4. The number of anilines is 1. The summed E-state index contributed by atoms with van der Waals surface area (Å²) >= 11 is 4.26. The molecule has 2 amide bonds. The number of hydrogen-bond acceptors (Lipinski definition) is 5. The Kier molecular flexibility index (Phi) is 6.99. The fourth-order valence-electron chi connectivity index (χ4n) is 2.78. The third-order valence-electron chi connectivity index (χ3n) is 4.35. The fraction of sp³-hybridized carbons (Fsp3) is 0.250. The van der Waals surface area contributed by atoms with Crippen LogP contribution in [-0.4, -0.2) is 42.1 Å². The molecule has 3 rings (SSSR count). The standard InChI is InChI=1S/C20H20BrN3O4S2/c1-3-24-19(26)17(12-18(25)22-15-8-4-13(2)5-9-15)29-20(24)23-30(27,28)16-10-6-14(21)7-11-16/h4-11,17H,3,12H2,1-2H3,(H,22,25). The lowest BCUT2D eigenvalue weighted by Gasteiger charge is -2.13. The summed E-state index contributed by atoms with van der Waals surface area (Å²) in [5, 5.41) is 2.11. The maximum atomic E-state index is 12.7. The molecule has 0 aromatic heterocycles. The van der Waals surface area contributed by atoms with Crippen LogP contribution in [-0.2, 0) is 19.6 Å². The van der Waals surface area contributed by atoms with E-state index in [2.05, 4.69) is 25.6 Å². The number of rotatable bonds is 6. The van der Waals surface area contributed by atoms with Crippen molar-refractivity contribution >= 4 is 60.4 Å². The van der Waals surface area contributed by atoms with Crippen molar-refractivity contribution in [2.24, 2.45) is 4.40 Å². The van der Waals surface area contributed by atoms with Gasteiger partial charge in [-0.05, 0) is 50.2 Å². The fourth-order valence-corrected chi connectivity index (χ4v) is 5.46. The number of carbonyl (C=O) groups is 2. The number of amidine groups is 1. The predicted molar refractivity (Wildman–Crippen MR) is 122 cm³/mol. The predicted octanol–water partition coefficient (Wildman–Crippen LogP) is 3.79. The highest BCUT2D eigenvalue weighted by atomic mass is 79.9. The zero-order chi connectivity index (χ0) is 21.9. The molecule has 1 heterocycles. The minimum atomic E-state index is -3.98. The maximum Gasteiger partial charge on any atom is 0.284 e. The van der Waals surface area contributed by atoms with Crippen molar-refractivity contribution in [3.05, 3.63) is 58.6 Å². The lowest BCUT2D eigenvalue weighted by Crippen LogP contribution is -2.33. The molecule has 1 N–H and O–H groups in total. The molecule has 1 fully saturated rings. The molecule has 1 saturated heterocycles. The van der Waals surface area contributed by atoms with Gasteiger partial charge in [0.1, 0.15) is 5.25 Å². The van der Waals surface area contributed by atoms with E-state index in [-0.39, 0.29) is 34.8 Å². The third kappa shape index (κ3) is 5.30. The zero-order valence-electron chi connectivity index (χ0n) is 16.3. The topological polar surface area (TPSA) is 95.9 Å². The van der Waals surface area contributed by atoms with Gasteiger partial charge >= 0.3 is 0 Å². The van der Waals surface area contributed by atoms with Gasteiger partial charge < -0.3 is 5.32 Å². The van der Waals surface area contributed by atoms with Gasteiger partial charge in [-0.2, -0.15) is 8.42 Å². The van der Waals surface area contributed by atoms with Gasteiger partial charge in [0.25, 0.3) is 10.0 Å². The molecule has 0 bridgehead atoms. The number of aryl methyl sites for hydroxylation is 1. The van der Waals surface area contributed by atoms with Crippen molar-refractivity contribution in [2.45, 2.75) is 30.4 Å². The number of hydrogen-bond donors (Lipinski definition) is 1. The van der Waals surface area contributed by atoms with Gasteiger partial charge in [-0.15, -0.1) is 4.40 Å². The number of nitrogens with zero attached hydrogens (tertiary/aromatic N) is 2. The Bertz CT molecular complexity index is 1080. The van der Waals surface area contributed by atoms with Gasteiger partial charge in [-0.1, -0.05) is 45.4 Å². The summed E-state index contributed by atoms with van der Waals surface area (Å²) in [4.78, 5) is 26.4. The Labute approximate surface area is 188 Å². The number of sulfonamides is 1. The molecular formula is C20H20BrN3O4S2. The first-order chi connectivity index (χ1) is 14.2. The molecule has 0 spiro atoms. The molecule has 1 aliphatic rings. The molecule has 1 unspecified atom stereocenters. The first-order valence-electron chi connectivity index (χ1n) is 9.14. The van der Waals surface area contributed by atoms with Crippen LogP contribution in [0, 0.1) is 6.92 Å². The number of carbonyl (C=O) groups excluding carboxylic acids is 2. The average molecular weight is 510 g/mol. The highest BCUT2D eigenvalue weighted by molar-refractivity contribution is 9.10. The summed E-state index contributed by atoms with van der Waals surface area (Å²) in [6.07, 6.45) is -0.0781. The third-order valence-corrected chi connectivity index (χ3v) is 7.45. The van der Waals surface area contributed by atoms with Crippen LogP contribution < -0.4 is 5.32 Å². The van der Waals surface area contributed by atoms with Crippen LogP contribution in [0.15, 0.2) is 62.3 Å². The van der Waals surface area contributed by atoms with E-state index in [0.717, 1.165) is 21.8 Å². The first kappa shape index (κ1) is 22.5. The SMILES string of the molecule is CCN1C(=O)C(CC(=O)Nc2ccc(C)cc2)SC1=NS(=O)(=O)c1ccc(Br)cc1. The first-order valence-corrected chi connectivity index (χ1v) is 12.3. The number of nitrogens with one attached hydrogen (secondary N) is 1. The second-order valence-corrected chi connectivity index (χ2v) is 10.3. The van der Waals surface area contributed by atoms with E-state index in [1.54, 1.807) is 31.2 Å². The minimum absolute atomic E-state index is 0.0304. The monoisotopic (exact) mass is 509 g/mol. The van der Waals surface area contributed by atoms with Gasteiger partial charge in [0.15, 0.2) is 5.17 Å². The Morgan fingerprint density at radius 3 is 2.40 bits per heavy atom. The molecule has 2 aromatic carbocycles. The van der Waals surface area contributed by atoms with Gasteiger partial charge in [0.2, 0.25) is 11.8 Å². The Morgan fingerprint density at radius 2 is 1.80 bits per heavy atom. The van der Waals surface area contributed by atoms with Crippen LogP contribution in [0.5, 0.6) is 0 Å². The molecule has 1 aliphatic heterocycles. The second-order valence-electron chi connectivity index (χ2n) is 6.61. The van der Waals surface area contributed by atoms with Crippen LogP contribution in [0.25, 0.3) is 0 Å². The Balaban J connectivity index is 1.75. The Morgan fingerprint density at radius 1 is 1.17 bits per heavy atom. The largest absolute Gasteiger partial charge is 0.326 e. The molecule has 1 atom stereocenters. The van der Waals surface area contributed by atoms with E-state index in [9.17, 15) is 18.0 Å². The van der Waals surface area contributed by atoms with Crippen LogP contribution in [0.1, 0.15) is 18.9 Å². The quantitative estimate of drug-likeness (QED) is 0.638. The van der Waals surface area contributed by atoms with Crippen molar-refractivity contribution in [3.8, 4) is 0 Å². The molecule has 30 heavy (non-hydrogen) atoms. The lowest BCUT2D eigenvalue weighted by atomic mass is 10.2. The normalized spacial score (nSPS) is 18.1. The molecule has 0 radical (unpaired) electrons. The van der Waals surface area contributed by atoms with Crippen molar-refractivity contribution < 1.29 is 18.0 Å². The number of thioether (sulfide) groups is 1. The van der Waals surface area contributed by atoms with Gasteiger partial charge in [0, 0.05) is 23.1 Å². The van der Waals surface area contributed by atoms with Crippen molar-refractivity contribution in [1.82, 2.24) is 4.90 Å². The molecule has 0 aliphatic carbocycles. The van der Waals surface area contributed by atoms with Crippen LogP contribution in [0.3, 0.4) is 0 Å². The average Bonchev–Trinajstić information content (AvgIpc) is 2.97. The molecule has 2 aromatic rings. The van der Waals surface area contributed by atoms with E-state index >= 15 is 0 Å². The zero-order valence-corrected chi connectivity index (χ0v) is 19.6. The summed E-state index contributed by atoms with van der Waals surface area (Å²) in [7, 11) is -3.98. The lowest BCUT2D eigenvalue weighted by molar-refractivity contribution is -0.128. The van der Waals surface area contributed by atoms with E-state index in [0.29, 0.717) is 5.69 Å². The second kappa shape index (κ2) is 9.32. The van der Waals surface area contributed by atoms with E-state index < -0.39 is 15.3 Å². The van der Waals surface area contributed by atoms with Gasteiger partial charge in [0.05, 0.1) is 4.90 Å². The van der Waals surface area contributed by atoms with Crippen LogP contribution >= 0.6 is 27.7 Å². The van der Waals surface area contributed by atoms with Crippen LogP contribution in [0.2, 0.25) is 0 Å². The molecular weight excluding hydrogens is 490 g/mol. The number of benzene rings is 2.